The molecule has 0 bridgehead atoms. The number of nitrogens with zero attached hydrogens (tertiary/aromatic N) is 4. The molecule has 2 aromatic heterocycles. The smallest absolute Gasteiger partial charge is 0.261 e. The van der Waals surface area contributed by atoms with E-state index in [0.717, 1.165) is 5.56 Å². The first-order chi connectivity index (χ1) is 12.6. The van der Waals surface area contributed by atoms with Gasteiger partial charge in [-0.1, -0.05) is 23.9 Å². The van der Waals surface area contributed by atoms with Crippen molar-refractivity contribution in [2.24, 2.45) is 0 Å². The second-order valence-electron chi connectivity index (χ2n) is 5.72. The van der Waals surface area contributed by atoms with Gasteiger partial charge in [0.25, 0.3) is 11.8 Å². The molecular weight excluding hydrogens is 354 g/mol. The topological polar surface area (TPSA) is 107 Å². The van der Waals surface area contributed by atoms with Crippen LogP contribution in [0.1, 0.15) is 26.5 Å². The summed E-state index contributed by atoms with van der Waals surface area (Å²) in [5, 5.41) is 8.66. The van der Waals surface area contributed by atoms with Crippen LogP contribution in [-0.4, -0.2) is 43.9 Å². The van der Waals surface area contributed by atoms with Crippen LogP contribution in [0.25, 0.3) is 11.4 Å². The van der Waals surface area contributed by atoms with Crippen molar-refractivity contribution in [3.63, 3.8) is 0 Å². The molecule has 9 heteroatoms. The predicted octanol–water partition coefficient (Wildman–Crippen LogP) is 1.95. The highest BCUT2D eigenvalue weighted by atomic mass is 32.2. The standard InChI is InChI=1S/C17H15N5O3S/c1-10-11(6-8-25-10)14-19-20-17(22(14)18)26-9-7-21-15(23)12-4-2-3-5-13(12)16(21)24/h2-6,8H,7,9,18H2,1H3. The number of nitrogen functional groups attached to an aromatic ring is 1. The van der Waals surface area contributed by atoms with Crippen LogP contribution in [0.2, 0.25) is 0 Å². The van der Waals surface area contributed by atoms with Crippen LogP contribution >= 0.6 is 11.8 Å². The van der Waals surface area contributed by atoms with E-state index >= 15 is 0 Å². The minimum atomic E-state index is -0.268. The quantitative estimate of drug-likeness (QED) is 0.416. The van der Waals surface area contributed by atoms with Crippen molar-refractivity contribution >= 4 is 23.6 Å². The average Bonchev–Trinajstić information content (AvgIpc) is 3.29. The molecule has 0 atom stereocenters. The van der Waals surface area contributed by atoms with E-state index in [4.69, 9.17) is 10.3 Å². The minimum absolute atomic E-state index is 0.268. The first kappa shape index (κ1) is 16.4. The molecule has 4 rings (SSSR count). The molecule has 3 aromatic rings. The van der Waals surface area contributed by atoms with Gasteiger partial charge >= 0.3 is 0 Å². The molecule has 1 aromatic carbocycles. The van der Waals surface area contributed by atoms with Crippen molar-refractivity contribution in [3.05, 3.63) is 53.5 Å². The molecule has 0 spiro atoms. The Kier molecular flexibility index (Phi) is 4.00. The third kappa shape index (κ3) is 2.57. The summed E-state index contributed by atoms with van der Waals surface area (Å²) in [5.41, 5.74) is 1.66. The van der Waals surface area contributed by atoms with E-state index in [-0.39, 0.29) is 18.4 Å². The molecular formula is C17H15N5O3S. The fraction of sp³-hybridized carbons (Fsp3) is 0.176. The number of nitrogens with two attached hydrogens (primary N) is 1. The third-order valence-corrected chi connectivity index (χ3v) is 5.11. The zero-order chi connectivity index (χ0) is 18.3. The number of hydrogen-bond acceptors (Lipinski definition) is 7. The second kappa shape index (κ2) is 6.34. The van der Waals surface area contributed by atoms with Crippen LogP contribution in [0, 0.1) is 6.92 Å². The van der Waals surface area contributed by atoms with Gasteiger partial charge in [-0.05, 0) is 25.1 Å². The van der Waals surface area contributed by atoms with Gasteiger partial charge in [0.05, 0.1) is 23.0 Å². The Hall–Kier alpha value is -3.07. The molecule has 0 aliphatic carbocycles. The van der Waals surface area contributed by atoms with Gasteiger partial charge in [-0.3, -0.25) is 14.5 Å². The number of aromatic nitrogens is 3. The number of fused-ring (bicyclic) bond motifs is 1. The van der Waals surface area contributed by atoms with Gasteiger partial charge in [0.2, 0.25) is 5.16 Å². The van der Waals surface area contributed by atoms with Gasteiger partial charge in [0.15, 0.2) is 5.82 Å². The fourth-order valence-electron chi connectivity index (χ4n) is 2.85. The lowest BCUT2D eigenvalue weighted by Gasteiger charge is -2.12. The molecule has 2 amide bonds. The first-order valence-electron chi connectivity index (χ1n) is 7.91. The molecule has 0 radical (unpaired) electrons. The average molecular weight is 369 g/mol. The van der Waals surface area contributed by atoms with Gasteiger partial charge in [-0.2, -0.15) is 0 Å². The number of aryl methyl sites for hydroxylation is 1. The summed E-state index contributed by atoms with van der Waals surface area (Å²) < 4.78 is 6.64. The van der Waals surface area contributed by atoms with Gasteiger partial charge in [0.1, 0.15) is 5.76 Å². The molecule has 2 N–H and O–H groups in total. The zero-order valence-electron chi connectivity index (χ0n) is 13.9. The highest BCUT2D eigenvalue weighted by Gasteiger charge is 2.34. The minimum Gasteiger partial charge on any atom is -0.469 e. The molecule has 1 aliphatic heterocycles. The SMILES string of the molecule is Cc1occc1-c1nnc(SCCN2C(=O)c3ccccc3C2=O)n1N. The van der Waals surface area contributed by atoms with Crippen molar-refractivity contribution < 1.29 is 14.0 Å². The van der Waals surface area contributed by atoms with Crippen LogP contribution in [0.4, 0.5) is 0 Å². The number of thioether (sulfide) groups is 1. The summed E-state index contributed by atoms with van der Waals surface area (Å²) in [7, 11) is 0. The molecule has 132 valence electrons. The van der Waals surface area contributed by atoms with Crippen LogP contribution < -0.4 is 5.84 Å². The lowest BCUT2D eigenvalue weighted by Crippen LogP contribution is -2.32. The van der Waals surface area contributed by atoms with Crippen molar-refractivity contribution in [1.29, 1.82) is 0 Å². The molecule has 0 fully saturated rings. The first-order valence-corrected chi connectivity index (χ1v) is 8.89. The van der Waals surface area contributed by atoms with Gasteiger partial charge in [-0.15, -0.1) is 10.2 Å². The Labute approximate surface area is 153 Å². The van der Waals surface area contributed by atoms with Crippen LogP contribution in [0.3, 0.4) is 0 Å². The number of amides is 2. The van der Waals surface area contributed by atoms with Crippen LogP contribution in [-0.2, 0) is 0 Å². The zero-order valence-corrected chi connectivity index (χ0v) is 14.7. The summed E-state index contributed by atoms with van der Waals surface area (Å²) in [5.74, 6) is 7.19. The molecule has 0 unspecified atom stereocenters. The maximum absolute atomic E-state index is 12.3. The van der Waals surface area contributed by atoms with Gasteiger partial charge in [-0.25, -0.2) is 4.68 Å². The maximum Gasteiger partial charge on any atom is 0.261 e. The fourth-order valence-corrected chi connectivity index (χ4v) is 3.63. The van der Waals surface area contributed by atoms with Crippen LogP contribution in [0.15, 0.2) is 46.2 Å². The van der Waals surface area contributed by atoms with E-state index in [2.05, 4.69) is 10.2 Å². The van der Waals surface area contributed by atoms with E-state index in [1.54, 1.807) is 36.6 Å². The second-order valence-corrected chi connectivity index (χ2v) is 6.78. The van der Waals surface area contributed by atoms with E-state index in [9.17, 15) is 9.59 Å². The molecule has 0 saturated heterocycles. The molecule has 1 aliphatic rings. The lowest BCUT2D eigenvalue weighted by molar-refractivity contribution is 0.0664. The van der Waals surface area contributed by atoms with Crippen molar-refractivity contribution in [1.82, 2.24) is 19.8 Å². The lowest BCUT2D eigenvalue weighted by atomic mass is 10.1. The summed E-state index contributed by atoms with van der Waals surface area (Å²) in [6.45, 7) is 2.09. The van der Waals surface area contributed by atoms with E-state index < -0.39 is 0 Å². The van der Waals surface area contributed by atoms with Gasteiger partial charge < -0.3 is 10.3 Å². The Bertz CT molecular complexity index is 975. The monoisotopic (exact) mass is 369 g/mol. The number of carbonyl (C=O) groups excluding carboxylic acids is 2. The molecule has 26 heavy (non-hydrogen) atoms. The summed E-state index contributed by atoms with van der Waals surface area (Å²) in [4.78, 5) is 25.9. The molecule has 3 heterocycles. The number of rotatable bonds is 5. The largest absolute Gasteiger partial charge is 0.469 e. The Morgan fingerprint density at radius 2 is 1.77 bits per heavy atom. The van der Waals surface area contributed by atoms with Crippen molar-refractivity contribution in [2.75, 3.05) is 18.1 Å². The molecule has 0 saturated carbocycles. The number of hydrogen-bond donors (Lipinski definition) is 1. The number of carbonyl (C=O) groups is 2. The Balaban J connectivity index is 1.44. The Morgan fingerprint density at radius 1 is 1.08 bits per heavy atom. The number of benzene rings is 1. The van der Waals surface area contributed by atoms with Crippen molar-refractivity contribution in [3.8, 4) is 11.4 Å². The van der Waals surface area contributed by atoms with E-state index in [1.807, 2.05) is 6.92 Å². The molecule has 8 nitrogen and oxygen atoms in total. The van der Waals surface area contributed by atoms with E-state index in [0.29, 0.717) is 33.6 Å². The summed E-state index contributed by atoms with van der Waals surface area (Å²) in [6.07, 6.45) is 1.56. The third-order valence-electron chi connectivity index (χ3n) is 4.19. The number of furan rings is 1. The summed E-state index contributed by atoms with van der Waals surface area (Å²) >= 11 is 1.33. The number of imide groups is 1. The Morgan fingerprint density at radius 3 is 2.38 bits per heavy atom. The normalized spacial score (nSPS) is 13.5. The van der Waals surface area contributed by atoms with Crippen molar-refractivity contribution in [2.45, 2.75) is 12.1 Å². The highest BCUT2D eigenvalue weighted by Crippen LogP contribution is 2.26. The highest BCUT2D eigenvalue weighted by molar-refractivity contribution is 7.99. The maximum atomic E-state index is 12.3. The summed E-state index contributed by atoms with van der Waals surface area (Å²) in [6, 6.07) is 8.60. The van der Waals surface area contributed by atoms with Crippen LogP contribution in [0.5, 0.6) is 0 Å². The predicted molar refractivity (Wildman–Crippen MR) is 95.1 cm³/mol. The van der Waals surface area contributed by atoms with E-state index in [1.165, 1.54) is 21.3 Å². The van der Waals surface area contributed by atoms with Gasteiger partial charge in [0, 0.05) is 12.3 Å².